The fraction of sp³-hybridized carbons (Fsp3) is 0.139. The number of anilines is 4. The Morgan fingerprint density at radius 2 is 0.645 bits per heavy atom. The van der Waals surface area contributed by atoms with Crippen LogP contribution in [-0.4, -0.2) is 63.5 Å². The Labute approximate surface area is 619 Å². The molecule has 0 aliphatic heterocycles. The van der Waals surface area contributed by atoms with E-state index in [2.05, 4.69) is 83.7 Å². The van der Waals surface area contributed by atoms with Crippen LogP contribution in [0.25, 0.3) is 45.0 Å². The molecule has 0 radical (unpaired) electrons. The largest absolute Gasteiger partial charge is 0.309 e. The Kier molecular flexibility index (Phi) is 27.8. The average Bonchev–Trinajstić information content (AvgIpc) is 0.841. The molecule has 8 aromatic carbocycles. The monoisotopic (exact) mass is 1580 g/mol. The maximum Gasteiger partial charge on any atom is 0.256 e. The molecule has 28 heteroatoms. The predicted molar refractivity (Wildman–Crippen MR) is 390 cm³/mol. The van der Waals surface area contributed by atoms with Gasteiger partial charge in [-0.15, -0.1) is 0 Å². The summed E-state index contributed by atoms with van der Waals surface area (Å²) in [7, 11) is 0. The minimum atomic E-state index is -2.30. The zero-order valence-electron chi connectivity index (χ0n) is 57.2. The van der Waals surface area contributed by atoms with Crippen molar-refractivity contribution in [3.05, 3.63) is 307 Å². The van der Waals surface area contributed by atoms with Crippen LogP contribution in [0.1, 0.15) is 77.5 Å². The molecule has 0 unspecified atom stereocenters. The zero-order chi connectivity index (χ0) is 76.8. The van der Waals surface area contributed by atoms with Gasteiger partial charge >= 0.3 is 0 Å². The molecule has 4 N–H and O–H groups in total. The number of hydrogen-bond acceptors (Lipinski definition) is 12. The van der Waals surface area contributed by atoms with E-state index in [9.17, 15) is 67.5 Å². The zero-order valence-corrected chi connectivity index (χ0v) is 59.3. The smallest absolute Gasteiger partial charge is 0.256 e. The molecule has 0 aliphatic carbocycles. The third kappa shape index (κ3) is 21.8. The van der Waals surface area contributed by atoms with Gasteiger partial charge in [-0.2, -0.15) is 0 Å². The van der Waals surface area contributed by atoms with Gasteiger partial charge < -0.3 is 21.3 Å². The van der Waals surface area contributed by atoms with Crippen LogP contribution in [0, 0.1) is 67.6 Å². The van der Waals surface area contributed by atoms with E-state index in [1.54, 1.807) is 80.0 Å². The maximum atomic E-state index is 13.8. The minimum absolute atomic E-state index is 0.0303. The molecule has 0 bridgehead atoms. The molecule has 4 aromatic heterocycles. The quantitative estimate of drug-likeness (QED) is 0.0257. The van der Waals surface area contributed by atoms with Crippen LogP contribution in [0.5, 0.6) is 0 Å². The van der Waals surface area contributed by atoms with Gasteiger partial charge in [0.2, 0.25) is 23.5 Å². The molecule has 12 rings (SSSR count). The Bertz CT molecular complexity index is 5110. The van der Waals surface area contributed by atoms with Crippen LogP contribution >= 0.6 is 22.6 Å². The Morgan fingerprint density at radius 1 is 0.336 bits per heavy atom. The number of carbonyl (C=O) groups is 4. The van der Waals surface area contributed by atoms with Crippen LogP contribution in [0.3, 0.4) is 0 Å². The fourth-order valence-electron chi connectivity index (χ4n) is 10.0. The molecule has 12 aromatic rings. The summed E-state index contributed by atoms with van der Waals surface area (Å²) in [6, 6.07) is 43.5. The fourth-order valence-corrected chi connectivity index (χ4v) is 10.4. The molecule has 4 heterocycles. The van der Waals surface area contributed by atoms with E-state index in [0.29, 0.717) is 111 Å². The lowest BCUT2D eigenvalue weighted by Gasteiger charge is -2.11. The van der Waals surface area contributed by atoms with Crippen molar-refractivity contribution in [3.8, 4) is 45.0 Å². The van der Waals surface area contributed by atoms with Crippen LogP contribution in [0.2, 0.25) is 0 Å². The standard InChI is InChI=1S/C20H13F6N3O.C20H16F3N3O.C20H17FIN3O.C19H16FN3O/c1-2-12-20(27-8-13(28-12)9-3-5-10(21)6-4-9)29-14(30)7-11-15(22)17(24)19(26)18(25)16(11)23;1-2-17-20(24-11-18(25-17)13-4-6-14(21)7-5-13)26-19(27)10-12-3-8-15(22)16(23)9-12;1-2-17-20(25-19(26)11-13-3-9-16(22)10-4-13)23-12-18(24-17)14-5-7-15(21)8-6-14;1-2-16-18(23-19(24)14-6-4-3-5-7-14)21-12-17(22-16)13-8-10-15(20)11-9-13/h3-6,8H,2,7H2,1H3,(H,27,29,30);3-9,11H,2,10H2,1H3,(H,24,26,27);3-10,12H,2,11H2,1H3,(H,23,25,26);3-12H,2H2,1H3,(H,21,23,24). The van der Waals surface area contributed by atoms with E-state index in [1.807, 2.05) is 51.1 Å². The van der Waals surface area contributed by atoms with Gasteiger partial charge in [0.05, 0.1) is 89.6 Å². The predicted octanol–water partition coefficient (Wildman–Crippen LogP) is 17.8. The van der Waals surface area contributed by atoms with Crippen molar-refractivity contribution >= 4 is 69.5 Å². The number of hydrogen-bond donors (Lipinski definition) is 4. The first-order valence-electron chi connectivity index (χ1n) is 32.8. The molecular formula is C79H62F11IN12O4. The van der Waals surface area contributed by atoms with Gasteiger partial charge in [-0.3, -0.25) is 19.2 Å². The number of carbonyl (C=O) groups excluding carboxylic acids is 4. The highest BCUT2D eigenvalue weighted by Crippen LogP contribution is 2.28. The molecule has 0 saturated carbocycles. The SMILES string of the molecule is CCc1nc(-c2ccc(F)cc2)cnc1NC(=O)Cc1c(F)c(F)c(F)c(F)c1F.CCc1nc(-c2ccc(F)cc2)cnc1NC(=O)Cc1ccc(F)c(F)c1.CCc1nc(-c2ccc(F)cc2)cnc1NC(=O)Cc1ccc(I)cc1.CCc1nc(-c2ccc(F)cc2)cnc1NC(=O)c1ccccc1. The molecular weight excluding hydrogens is 1520 g/mol. The highest BCUT2D eigenvalue weighted by molar-refractivity contribution is 14.1. The normalized spacial score (nSPS) is 10.7. The lowest BCUT2D eigenvalue weighted by Crippen LogP contribution is -2.20. The number of aryl methyl sites for hydroxylation is 4. The highest BCUT2D eigenvalue weighted by atomic mass is 127. The molecule has 107 heavy (non-hydrogen) atoms. The van der Waals surface area contributed by atoms with Gasteiger partial charge in [-0.05, 0) is 193 Å². The molecule has 546 valence electrons. The summed E-state index contributed by atoms with van der Waals surface area (Å²) in [6.07, 6.45) is 7.07. The molecule has 16 nitrogen and oxygen atoms in total. The summed E-state index contributed by atoms with van der Waals surface area (Å²) >= 11 is 2.23. The third-order valence-electron chi connectivity index (χ3n) is 15.6. The first-order valence-corrected chi connectivity index (χ1v) is 33.9. The van der Waals surface area contributed by atoms with Gasteiger partial charge in [-0.25, -0.2) is 88.2 Å². The van der Waals surface area contributed by atoms with Crippen molar-refractivity contribution in [2.75, 3.05) is 21.3 Å². The second kappa shape index (κ2) is 37.6. The number of nitrogens with one attached hydrogen (secondary N) is 4. The van der Waals surface area contributed by atoms with Crippen molar-refractivity contribution in [2.24, 2.45) is 0 Å². The van der Waals surface area contributed by atoms with Crippen molar-refractivity contribution < 1.29 is 67.5 Å². The number of aromatic nitrogens is 8. The summed E-state index contributed by atoms with van der Waals surface area (Å²) in [5.41, 5.74) is 7.93. The van der Waals surface area contributed by atoms with Gasteiger partial charge in [0.25, 0.3) is 5.91 Å². The van der Waals surface area contributed by atoms with Gasteiger partial charge in [0.15, 0.2) is 58.2 Å². The van der Waals surface area contributed by atoms with E-state index < -0.39 is 70.3 Å². The van der Waals surface area contributed by atoms with Gasteiger partial charge in [-0.1, -0.05) is 64.1 Å². The van der Waals surface area contributed by atoms with Crippen molar-refractivity contribution in [1.29, 1.82) is 0 Å². The van der Waals surface area contributed by atoms with Crippen LogP contribution in [-0.2, 0) is 59.3 Å². The van der Waals surface area contributed by atoms with Gasteiger partial charge in [0, 0.05) is 37.0 Å². The van der Waals surface area contributed by atoms with Crippen LogP contribution < -0.4 is 21.3 Å². The number of benzene rings is 8. The molecule has 0 aliphatic rings. The van der Waals surface area contributed by atoms with Crippen molar-refractivity contribution in [2.45, 2.75) is 72.6 Å². The van der Waals surface area contributed by atoms with Gasteiger partial charge in [0.1, 0.15) is 23.3 Å². The first kappa shape index (κ1) is 79.0. The summed E-state index contributed by atoms with van der Waals surface area (Å²) in [6.45, 7) is 7.46. The molecule has 4 amide bonds. The van der Waals surface area contributed by atoms with E-state index in [-0.39, 0.29) is 47.9 Å². The topological polar surface area (TPSA) is 220 Å². The molecule has 0 spiro atoms. The van der Waals surface area contributed by atoms with Crippen LogP contribution in [0.15, 0.2) is 195 Å². The number of nitrogens with zero attached hydrogens (tertiary/aromatic N) is 8. The first-order chi connectivity index (χ1) is 51.4. The van der Waals surface area contributed by atoms with E-state index in [4.69, 9.17) is 0 Å². The summed E-state index contributed by atoms with van der Waals surface area (Å²) < 4.78 is 147. The minimum Gasteiger partial charge on any atom is -0.309 e. The third-order valence-corrected chi connectivity index (χ3v) is 16.3. The molecule has 0 atom stereocenters. The number of rotatable bonds is 19. The Morgan fingerprint density at radius 3 is 0.981 bits per heavy atom. The van der Waals surface area contributed by atoms with E-state index in [1.165, 1.54) is 79.1 Å². The van der Waals surface area contributed by atoms with Crippen molar-refractivity contribution in [3.63, 3.8) is 0 Å². The summed E-state index contributed by atoms with van der Waals surface area (Å²) in [5, 5.41) is 10.5. The Hall–Kier alpha value is -12.1. The Balaban J connectivity index is 0.000000165. The lowest BCUT2D eigenvalue weighted by atomic mass is 10.1. The highest BCUT2D eigenvalue weighted by Gasteiger charge is 2.28. The number of halogens is 12. The van der Waals surface area contributed by atoms with E-state index in [0.717, 1.165) is 32.4 Å². The second-order valence-electron chi connectivity index (χ2n) is 23.1. The number of amides is 4. The van der Waals surface area contributed by atoms with Crippen molar-refractivity contribution in [1.82, 2.24) is 39.9 Å². The summed E-state index contributed by atoms with van der Waals surface area (Å²) in [5.74, 6) is -14.7. The molecule has 0 saturated heterocycles. The van der Waals surface area contributed by atoms with E-state index >= 15 is 0 Å². The second-order valence-corrected chi connectivity index (χ2v) is 24.3. The maximum absolute atomic E-state index is 13.8. The van der Waals surface area contributed by atoms with Crippen LogP contribution in [0.4, 0.5) is 71.6 Å². The average molecular weight is 1580 g/mol. The molecule has 0 fully saturated rings. The summed E-state index contributed by atoms with van der Waals surface area (Å²) in [4.78, 5) is 83.8. The lowest BCUT2D eigenvalue weighted by molar-refractivity contribution is -0.116.